The fourth-order valence-corrected chi connectivity index (χ4v) is 1.64. The number of hydrogen-bond acceptors (Lipinski definition) is 3. The summed E-state index contributed by atoms with van der Waals surface area (Å²) < 4.78 is 15.4. The predicted molar refractivity (Wildman–Crippen MR) is 61.8 cm³/mol. The number of halogens is 2. The summed E-state index contributed by atoms with van der Waals surface area (Å²) in [5.74, 6) is -0.316. The third kappa shape index (κ3) is 2.12. The van der Waals surface area contributed by atoms with Crippen molar-refractivity contribution < 1.29 is 4.39 Å². The lowest BCUT2D eigenvalue weighted by Crippen LogP contribution is -2.11. The van der Waals surface area contributed by atoms with Crippen LogP contribution < -0.4 is 5.32 Å². The maximum Gasteiger partial charge on any atom is 0.139 e. The van der Waals surface area contributed by atoms with Gasteiger partial charge in [0.1, 0.15) is 5.82 Å². The summed E-state index contributed by atoms with van der Waals surface area (Å²) in [5.41, 5.74) is 1.53. The highest BCUT2D eigenvalue weighted by atomic mass is 79.9. The molecule has 1 N–H and O–H groups in total. The van der Waals surface area contributed by atoms with Gasteiger partial charge in [-0.25, -0.2) is 9.07 Å². The zero-order valence-electron chi connectivity index (χ0n) is 8.61. The summed E-state index contributed by atoms with van der Waals surface area (Å²) in [6.07, 6.45) is 1.65. The lowest BCUT2D eigenvalue weighted by atomic mass is 10.3. The van der Waals surface area contributed by atoms with Gasteiger partial charge >= 0.3 is 0 Å². The normalized spacial score (nSPS) is 10.7. The number of rotatable bonds is 3. The fourth-order valence-electron chi connectivity index (χ4n) is 1.39. The highest BCUT2D eigenvalue weighted by Crippen LogP contribution is 2.19. The van der Waals surface area contributed by atoms with E-state index in [1.165, 1.54) is 6.07 Å². The molecule has 0 aliphatic rings. The van der Waals surface area contributed by atoms with Crippen molar-refractivity contribution in [1.82, 2.24) is 20.3 Å². The summed E-state index contributed by atoms with van der Waals surface area (Å²) in [7, 11) is 1.83. The Morgan fingerprint density at radius 3 is 3.00 bits per heavy atom. The first-order valence-corrected chi connectivity index (χ1v) is 5.51. The highest BCUT2D eigenvalue weighted by molar-refractivity contribution is 9.10. The molecule has 1 heterocycles. The molecule has 0 saturated heterocycles. The number of nitrogens with one attached hydrogen (secondary N) is 1. The largest absolute Gasteiger partial charge is 0.314 e. The zero-order valence-corrected chi connectivity index (χ0v) is 10.2. The van der Waals surface area contributed by atoms with Gasteiger partial charge in [0.2, 0.25) is 0 Å². The van der Waals surface area contributed by atoms with Crippen LogP contribution in [0, 0.1) is 5.82 Å². The van der Waals surface area contributed by atoms with E-state index in [-0.39, 0.29) is 5.82 Å². The Morgan fingerprint density at radius 2 is 2.31 bits per heavy atom. The van der Waals surface area contributed by atoms with Crippen LogP contribution in [0.25, 0.3) is 5.69 Å². The van der Waals surface area contributed by atoms with Crippen molar-refractivity contribution in [1.29, 1.82) is 0 Å². The van der Waals surface area contributed by atoms with Gasteiger partial charge in [0.15, 0.2) is 0 Å². The lowest BCUT2D eigenvalue weighted by Gasteiger charge is -2.06. The molecule has 16 heavy (non-hydrogen) atoms. The first-order chi connectivity index (χ1) is 7.72. The molecule has 0 fully saturated rings. The molecule has 0 saturated carbocycles. The van der Waals surface area contributed by atoms with Gasteiger partial charge in [-0.2, -0.15) is 0 Å². The maximum atomic E-state index is 13.4. The second-order valence-electron chi connectivity index (χ2n) is 3.27. The minimum atomic E-state index is -0.316. The van der Waals surface area contributed by atoms with E-state index in [4.69, 9.17) is 0 Å². The van der Waals surface area contributed by atoms with Crippen LogP contribution in [0.5, 0.6) is 0 Å². The average Bonchev–Trinajstić information content (AvgIpc) is 2.71. The Balaban J connectivity index is 2.42. The zero-order chi connectivity index (χ0) is 11.5. The van der Waals surface area contributed by atoms with Crippen LogP contribution in [0.1, 0.15) is 5.69 Å². The van der Waals surface area contributed by atoms with Gasteiger partial charge in [-0.3, -0.25) is 0 Å². The van der Waals surface area contributed by atoms with Gasteiger partial charge in [-0.1, -0.05) is 5.21 Å². The molecular weight excluding hydrogens is 275 g/mol. The lowest BCUT2D eigenvalue weighted by molar-refractivity contribution is 0.616. The molecule has 4 nitrogen and oxygen atoms in total. The van der Waals surface area contributed by atoms with Gasteiger partial charge in [0.05, 0.1) is 22.1 Å². The molecule has 0 atom stereocenters. The first-order valence-electron chi connectivity index (χ1n) is 4.72. The number of hydrogen-bond donors (Lipinski definition) is 1. The van der Waals surface area contributed by atoms with Crippen LogP contribution in [0.2, 0.25) is 0 Å². The SMILES string of the molecule is CNCc1cnnn1-c1ccc(Br)c(F)c1. The van der Waals surface area contributed by atoms with Crippen molar-refractivity contribution in [2.24, 2.45) is 0 Å². The average molecular weight is 285 g/mol. The second-order valence-corrected chi connectivity index (χ2v) is 4.12. The van der Waals surface area contributed by atoms with Crippen LogP contribution in [0.3, 0.4) is 0 Å². The number of nitrogens with zero attached hydrogens (tertiary/aromatic N) is 3. The molecule has 1 aromatic carbocycles. The van der Waals surface area contributed by atoms with Crippen molar-refractivity contribution in [3.8, 4) is 5.69 Å². The summed E-state index contributed by atoms with van der Waals surface area (Å²) in [5, 5.41) is 10.7. The van der Waals surface area contributed by atoms with E-state index in [2.05, 4.69) is 31.6 Å². The quantitative estimate of drug-likeness (QED) is 0.936. The summed E-state index contributed by atoms with van der Waals surface area (Å²) >= 11 is 3.11. The van der Waals surface area contributed by atoms with Gasteiger partial charge in [0, 0.05) is 12.6 Å². The van der Waals surface area contributed by atoms with Crippen LogP contribution >= 0.6 is 15.9 Å². The van der Waals surface area contributed by atoms with Crippen LogP contribution in [-0.2, 0) is 6.54 Å². The van der Waals surface area contributed by atoms with Crippen LogP contribution in [0.15, 0.2) is 28.9 Å². The standard InChI is InChI=1S/C10H10BrFN4/c1-13-5-8-6-14-15-16(8)7-2-3-9(11)10(12)4-7/h2-4,6,13H,5H2,1H3. The number of benzene rings is 1. The van der Waals surface area contributed by atoms with Crippen LogP contribution in [-0.4, -0.2) is 22.0 Å². The predicted octanol–water partition coefficient (Wildman–Crippen LogP) is 1.89. The van der Waals surface area contributed by atoms with E-state index in [1.807, 2.05) is 7.05 Å². The first kappa shape index (κ1) is 11.2. The molecule has 6 heteroatoms. The van der Waals surface area contributed by atoms with E-state index in [0.717, 1.165) is 5.69 Å². The third-order valence-electron chi connectivity index (χ3n) is 2.13. The minimum Gasteiger partial charge on any atom is -0.314 e. The molecule has 84 valence electrons. The van der Waals surface area contributed by atoms with Gasteiger partial charge in [0.25, 0.3) is 0 Å². The van der Waals surface area contributed by atoms with Crippen molar-refractivity contribution in [2.75, 3.05) is 7.05 Å². The van der Waals surface area contributed by atoms with Gasteiger partial charge in [-0.05, 0) is 35.1 Å². The molecule has 2 aromatic rings. The monoisotopic (exact) mass is 284 g/mol. The Hall–Kier alpha value is -1.27. The summed E-state index contributed by atoms with van der Waals surface area (Å²) in [6, 6.07) is 4.84. The summed E-state index contributed by atoms with van der Waals surface area (Å²) in [4.78, 5) is 0. The van der Waals surface area contributed by atoms with Crippen molar-refractivity contribution in [2.45, 2.75) is 6.54 Å². The molecule has 0 aliphatic carbocycles. The van der Waals surface area contributed by atoms with Crippen LogP contribution in [0.4, 0.5) is 4.39 Å². The van der Waals surface area contributed by atoms with E-state index < -0.39 is 0 Å². The van der Waals surface area contributed by atoms with Crippen molar-refractivity contribution in [3.63, 3.8) is 0 Å². The smallest absolute Gasteiger partial charge is 0.139 e. The van der Waals surface area contributed by atoms with E-state index in [1.54, 1.807) is 23.0 Å². The Labute approximate surface area is 101 Å². The van der Waals surface area contributed by atoms with E-state index in [0.29, 0.717) is 16.7 Å². The third-order valence-corrected chi connectivity index (χ3v) is 2.77. The van der Waals surface area contributed by atoms with Crippen molar-refractivity contribution in [3.05, 3.63) is 40.4 Å². The summed E-state index contributed by atoms with van der Waals surface area (Å²) in [6.45, 7) is 0.630. The Morgan fingerprint density at radius 1 is 1.50 bits per heavy atom. The highest BCUT2D eigenvalue weighted by Gasteiger charge is 2.07. The van der Waals surface area contributed by atoms with E-state index >= 15 is 0 Å². The molecule has 0 bridgehead atoms. The van der Waals surface area contributed by atoms with Crippen molar-refractivity contribution >= 4 is 15.9 Å². The molecule has 2 rings (SSSR count). The Kier molecular flexibility index (Phi) is 3.31. The minimum absolute atomic E-state index is 0.316. The van der Waals surface area contributed by atoms with Gasteiger partial charge in [-0.15, -0.1) is 5.10 Å². The second kappa shape index (κ2) is 4.71. The molecule has 1 aromatic heterocycles. The molecule has 0 aliphatic heterocycles. The Bertz CT molecular complexity index is 497. The maximum absolute atomic E-state index is 13.4. The molecular formula is C10H10BrFN4. The fraction of sp³-hybridized carbons (Fsp3) is 0.200. The number of aromatic nitrogens is 3. The topological polar surface area (TPSA) is 42.7 Å². The van der Waals surface area contributed by atoms with Gasteiger partial charge < -0.3 is 5.32 Å². The molecule has 0 radical (unpaired) electrons. The molecule has 0 unspecified atom stereocenters. The molecule has 0 spiro atoms. The molecule has 0 amide bonds. The van der Waals surface area contributed by atoms with E-state index in [9.17, 15) is 4.39 Å².